The first-order valence-corrected chi connectivity index (χ1v) is 15.9. The first kappa shape index (κ1) is 36.8. The third-order valence-electron chi connectivity index (χ3n) is 6.18. The van der Waals surface area contributed by atoms with Crippen LogP contribution in [-0.2, 0) is 30.3 Å². The van der Waals surface area contributed by atoms with Crippen molar-refractivity contribution in [1.82, 2.24) is 15.5 Å². The highest BCUT2D eigenvalue weighted by Crippen LogP contribution is 2.26. The van der Waals surface area contributed by atoms with Crippen LogP contribution in [0.5, 0.6) is 0 Å². The van der Waals surface area contributed by atoms with Crippen molar-refractivity contribution in [3.63, 3.8) is 0 Å². The minimum absolute atomic E-state index is 0.117. The Hall–Kier alpha value is -4.41. The van der Waals surface area contributed by atoms with Crippen LogP contribution in [0.15, 0.2) is 54.6 Å². The van der Waals surface area contributed by atoms with Crippen molar-refractivity contribution in [3.05, 3.63) is 71.3 Å². The fourth-order valence-electron chi connectivity index (χ4n) is 4.31. The van der Waals surface area contributed by atoms with Crippen LogP contribution in [0.3, 0.4) is 0 Å². The van der Waals surface area contributed by atoms with Gasteiger partial charge >= 0.3 is 12.1 Å². The van der Waals surface area contributed by atoms with Crippen LogP contribution < -0.4 is 10.6 Å². The van der Waals surface area contributed by atoms with Gasteiger partial charge in [0.05, 0.1) is 0 Å². The van der Waals surface area contributed by atoms with E-state index >= 15 is 0 Å². The lowest BCUT2D eigenvalue weighted by Gasteiger charge is -2.32. The fraction of sp³-hybridized carbons (Fsp3) is 0.429. The lowest BCUT2D eigenvalue weighted by molar-refractivity contribution is -0.159. The van der Waals surface area contributed by atoms with E-state index < -0.39 is 53.2 Å². The minimum Gasteiger partial charge on any atom is -0.458 e. The molecule has 0 saturated carbocycles. The van der Waals surface area contributed by atoms with Gasteiger partial charge in [0.15, 0.2) is 0 Å². The number of amides is 3. The molecule has 0 fully saturated rings. The number of terminal acetylenes is 2. The molecule has 45 heavy (non-hydrogen) atoms. The van der Waals surface area contributed by atoms with E-state index in [-0.39, 0.29) is 18.4 Å². The molecule has 0 aliphatic rings. The first-order chi connectivity index (χ1) is 21.1. The van der Waals surface area contributed by atoms with Crippen LogP contribution >= 0.6 is 11.8 Å². The molecule has 0 aromatic heterocycles. The van der Waals surface area contributed by atoms with Gasteiger partial charge in [-0.25, -0.2) is 9.59 Å². The van der Waals surface area contributed by atoms with Crippen molar-refractivity contribution in [1.29, 1.82) is 0 Å². The molecule has 0 heterocycles. The predicted octanol–water partition coefficient (Wildman–Crippen LogP) is 4.84. The second kappa shape index (κ2) is 16.6. The molecule has 9 nitrogen and oxygen atoms in total. The summed E-state index contributed by atoms with van der Waals surface area (Å²) in [5.74, 6) is 0.912. The largest absolute Gasteiger partial charge is 0.458 e. The van der Waals surface area contributed by atoms with Crippen LogP contribution in [0.25, 0.3) is 0 Å². The van der Waals surface area contributed by atoms with Crippen molar-refractivity contribution in [2.45, 2.75) is 83.7 Å². The lowest BCUT2D eigenvalue weighted by Crippen LogP contribution is -2.54. The van der Waals surface area contributed by atoms with Crippen molar-refractivity contribution in [3.8, 4) is 24.8 Å². The molecule has 3 atom stereocenters. The van der Waals surface area contributed by atoms with Gasteiger partial charge in [-0.05, 0) is 71.6 Å². The zero-order valence-corrected chi connectivity index (χ0v) is 27.8. The number of rotatable bonds is 12. The quantitative estimate of drug-likeness (QED) is 0.195. The van der Waals surface area contributed by atoms with Gasteiger partial charge < -0.3 is 20.1 Å². The lowest BCUT2D eigenvalue weighted by atomic mass is 9.97. The summed E-state index contributed by atoms with van der Waals surface area (Å²) in [5, 5.41) is 5.38. The maximum atomic E-state index is 14.2. The van der Waals surface area contributed by atoms with Gasteiger partial charge in [0.2, 0.25) is 5.91 Å². The number of esters is 1. The molecule has 0 radical (unpaired) electrons. The van der Waals surface area contributed by atoms with Crippen LogP contribution in [0.4, 0.5) is 4.79 Å². The summed E-state index contributed by atoms with van der Waals surface area (Å²) in [6.07, 6.45) is 13.1. The molecule has 3 unspecified atom stereocenters. The van der Waals surface area contributed by atoms with Gasteiger partial charge in [-0.15, -0.1) is 6.42 Å². The van der Waals surface area contributed by atoms with Gasteiger partial charge in [-0.1, -0.05) is 60.9 Å². The van der Waals surface area contributed by atoms with Crippen molar-refractivity contribution >= 4 is 35.6 Å². The molecule has 0 aliphatic carbocycles. The third kappa shape index (κ3) is 11.9. The average molecular weight is 634 g/mol. The van der Waals surface area contributed by atoms with Crippen LogP contribution in [0.1, 0.15) is 70.7 Å². The molecule has 0 bridgehead atoms. The Bertz CT molecular complexity index is 1420. The van der Waals surface area contributed by atoms with Gasteiger partial charge in [0, 0.05) is 23.6 Å². The first-order valence-electron chi connectivity index (χ1n) is 14.5. The number of alkyl carbamates (subject to hydrolysis) is 1. The molecule has 3 amide bonds. The minimum atomic E-state index is -1.45. The van der Waals surface area contributed by atoms with E-state index in [0.717, 1.165) is 10.5 Å². The summed E-state index contributed by atoms with van der Waals surface area (Å²) in [4.78, 5) is 55.3. The number of hydrogen-bond acceptors (Lipinski definition) is 7. The van der Waals surface area contributed by atoms with Gasteiger partial charge in [0.1, 0.15) is 29.3 Å². The van der Waals surface area contributed by atoms with E-state index in [1.165, 1.54) is 11.8 Å². The van der Waals surface area contributed by atoms with Crippen LogP contribution in [-0.4, -0.2) is 64.1 Å². The summed E-state index contributed by atoms with van der Waals surface area (Å²) in [6.45, 7) is 10.3. The third-order valence-corrected chi connectivity index (χ3v) is 6.83. The topological polar surface area (TPSA) is 114 Å². The Morgan fingerprint density at radius 3 is 2.02 bits per heavy atom. The average Bonchev–Trinajstić information content (AvgIpc) is 2.96. The number of hydrogen-bond donors (Lipinski definition) is 2. The molecule has 2 N–H and O–H groups in total. The van der Waals surface area contributed by atoms with Gasteiger partial charge in [-0.3, -0.25) is 14.5 Å². The number of ether oxygens (including phenoxy) is 2. The predicted molar refractivity (Wildman–Crippen MR) is 177 cm³/mol. The van der Waals surface area contributed by atoms with E-state index in [1.807, 2.05) is 36.6 Å². The summed E-state index contributed by atoms with van der Waals surface area (Å²) in [7, 11) is 0. The molecule has 240 valence electrons. The summed E-state index contributed by atoms with van der Waals surface area (Å²) >= 11 is 1.47. The van der Waals surface area contributed by atoms with Gasteiger partial charge in [0.25, 0.3) is 5.91 Å². The maximum absolute atomic E-state index is 14.2. The van der Waals surface area contributed by atoms with Crippen LogP contribution in [0.2, 0.25) is 0 Å². The van der Waals surface area contributed by atoms with E-state index in [9.17, 15) is 19.2 Å². The smallest absolute Gasteiger partial charge is 0.408 e. The Morgan fingerprint density at radius 1 is 0.867 bits per heavy atom. The van der Waals surface area contributed by atoms with E-state index in [4.69, 9.17) is 22.3 Å². The summed E-state index contributed by atoms with van der Waals surface area (Å²) in [5.41, 5.74) is -0.272. The molecule has 2 aromatic rings. The zero-order chi connectivity index (χ0) is 33.8. The molecule has 10 heteroatoms. The number of carbonyl (C=O) groups is 4. The summed E-state index contributed by atoms with van der Waals surface area (Å²) < 4.78 is 11.0. The number of benzene rings is 2. The number of thioether (sulfide) groups is 1. The number of nitrogens with zero attached hydrogens (tertiary/aromatic N) is 1. The standard InChI is InChI=1S/C35H43N3O6S/c1-10-25-19-15-16-20-26(25)29(38(11-2)31(40)27(21-22-45-9)37-33(42)44-35(6,7)8)30(39)36-28(32(41)43-34(3,4)5)23-24-17-13-12-14-18-24/h1-2,12-20,27-29H,21-23H2,3-9H3,(H,36,39)(H,37,42). The second-order valence-corrected chi connectivity index (χ2v) is 13.2. The zero-order valence-electron chi connectivity index (χ0n) is 27.0. The van der Waals surface area contributed by atoms with Crippen LogP contribution in [0, 0.1) is 24.8 Å². The highest BCUT2D eigenvalue weighted by Gasteiger charge is 2.38. The maximum Gasteiger partial charge on any atom is 0.408 e. The molecular formula is C35H43N3O6S. The molecule has 0 spiro atoms. The highest BCUT2D eigenvalue weighted by atomic mass is 32.2. The summed E-state index contributed by atoms with van der Waals surface area (Å²) in [6, 6.07) is 14.3. The van der Waals surface area contributed by atoms with Gasteiger partial charge in [-0.2, -0.15) is 11.8 Å². The number of carbonyl (C=O) groups excluding carboxylic acids is 4. The van der Waals surface area contributed by atoms with Crippen molar-refractivity contribution in [2.75, 3.05) is 12.0 Å². The Kier molecular flexibility index (Phi) is 13.6. The molecule has 2 rings (SSSR count). The molecule has 0 aliphatic heterocycles. The SMILES string of the molecule is C#Cc1ccccc1C(C(=O)NC(Cc1ccccc1)C(=O)OC(C)(C)C)N(C#C)C(=O)C(CCSC)NC(=O)OC(C)(C)C. The normalized spacial score (nSPS) is 13.2. The number of nitrogens with one attached hydrogen (secondary N) is 2. The Morgan fingerprint density at radius 2 is 1.47 bits per heavy atom. The van der Waals surface area contributed by atoms with Crippen molar-refractivity contribution in [2.24, 2.45) is 0 Å². The Balaban J connectivity index is 2.59. The molecule has 0 saturated heterocycles. The molecular weight excluding hydrogens is 590 g/mol. The van der Waals surface area contributed by atoms with E-state index in [0.29, 0.717) is 11.3 Å². The monoisotopic (exact) mass is 633 g/mol. The Labute approximate surface area is 271 Å². The van der Waals surface area contributed by atoms with E-state index in [1.54, 1.807) is 65.8 Å². The van der Waals surface area contributed by atoms with Crippen molar-refractivity contribution < 1.29 is 28.7 Å². The second-order valence-electron chi connectivity index (χ2n) is 12.2. The molecule has 2 aromatic carbocycles. The highest BCUT2D eigenvalue weighted by molar-refractivity contribution is 7.98. The fourth-order valence-corrected chi connectivity index (χ4v) is 4.78. The van der Waals surface area contributed by atoms with E-state index in [2.05, 4.69) is 22.6 Å².